The van der Waals surface area contributed by atoms with Gasteiger partial charge >= 0.3 is 7.75 Å². The highest BCUT2D eigenvalue weighted by Crippen LogP contribution is 2.33. The second kappa shape index (κ2) is 4.24. The van der Waals surface area contributed by atoms with Crippen molar-refractivity contribution in [2.45, 2.75) is 31.3 Å². The van der Waals surface area contributed by atoms with Crippen LogP contribution >= 0.6 is 7.75 Å². The van der Waals surface area contributed by atoms with Crippen LogP contribution in [0.3, 0.4) is 0 Å². The summed E-state index contributed by atoms with van der Waals surface area (Å²) in [5, 5.41) is 20.3. The topological polar surface area (TPSA) is 119 Å². The zero-order chi connectivity index (χ0) is 10.9. The van der Waals surface area contributed by atoms with E-state index in [1.165, 1.54) is 0 Å². The van der Waals surface area contributed by atoms with Crippen LogP contribution in [-0.2, 0) is 9.30 Å². The summed E-state index contributed by atoms with van der Waals surface area (Å²) >= 11 is 0. The maximum atomic E-state index is 10.6. The molecule has 1 saturated heterocycles. The van der Waals surface area contributed by atoms with E-state index in [-0.39, 0.29) is 0 Å². The summed E-state index contributed by atoms with van der Waals surface area (Å²) in [5.74, 6) is 0. The number of hydrogen-bond acceptors (Lipinski definition) is 4. The molecule has 0 spiro atoms. The molecule has 7 nitrogen and oxygen atoms in total. The van der Waals surface area contributed by atoms with Crippen LogP contribution in [0.25, 0.3) is 0 Å². The monoisotopic (exact) mass is 227 g/mol. The smallest absolute Gasteiger partial charge is 0.394 e. The molecule has 0 saturated carbocycles. The lowest BCUT2D eigenvalue weighted by Crippen LogP contribution is -2.44. The highest BCUT2D eigenvalue weighted by Gasteiger charge is 2.43. The molecule has 1 rings (SSSR count). The predicted octanol–water partition coefficient (Wildman–Crippen LogP) is -1.82. The molecule has 1 fully saturated rings. The normalized spacial score (nSPS) is 38.9. The standard InChI is InChI=1S/C6H14NO6P/c1-3-6(9)5(4(2-8)13-3)7-14(10,11)12/h3-6,8-9H,2H2,1H3,(H3,7,10,11,12)/t3-,4+,5-,6?/m0/s1. The van der Waals surface area contributed by atoms with Gasteiger partial charge in [-0.3, -0.25) is 0 Å². The summed E-state index contributed by atoms with van der Waals surface area (Å²) in [6.45, 7) is 1.16. The number of aliphatic hydroxyl groups is 2. The van der Waals surface area contributed by atoms with E-state index in [0.717, 1.165) is 0 Å². The quantitative estimate of drug-likeness (QED) is 0.360. The van der Waals surface area contributed by atoms with Crippen molar-refractivity contribution >= 4 is 7.75 Å². The van der Waals surface area contributed by atoms with Gasteiger partial charge < -0.3 is 24.7 Å². The molecule has 0 aliphatic carbocycles. The molecule has 4 atom stereocenters. The average molecular weight is 227 g/mol. The molecular formula is C6H14NO6P. The van der Waals surface area contributed by atoms with E-state index in [1.807, 2.05) is 5.09 Å². The van der Waals surface area contributed by atoms with Crippen molar-refractivity contribution in [3.05, 3.63) is 0 Å². The number of nitrogens with one attached hydrogen (secondary N) is 1. The molecule has 0 amide bonds. The van der Waals surface area contributed by atoms with E-state index in [1.54, 1.807) is 6.92 Å². The minimum absolute atomic E-state index is 0.404. The fourth-order valence-corrected chi connectivity index (χ4v) is 2.17. The van der Waals surface area contributed by atoms with Gasteiger partial charge in [-0.25, -0.2) is 9.65 Å². The first-order chi connectivity index (χ1) is 6.35. The van der Waals surface area contributed by atoms with Crippen LogP contribution in [0.4, 0.5) is 0 Å². The minimum Gasteiger partial charge on any atom is -0.394 e. The van der Waals surface area contributed by atoms with Crippen molar-refractivity contribution in [1.82, 2.24) is 5.09 Å². The summed E-state index contributed by atoms with van der Waals surface area (Å²) in [7, 11) is -4.43. The Bertz CT molecular complexity index is 242. The van der Waals surface area contributed by atoms with Crippen molar-refractivity contribution in [2.75, 3.05) is 6.61 Å². The maximum absolute atomic E-state index is 10.6. The fraction of sp³-hybridized carbons (Fsp3) is 1.00. The average Bonchev–Trinajstić information content (AvgIpc) is 2.30. The number of aliphatic hydroxyl groups excluding tert-OH is 2. The molecule has 1 unspecified atom stereocenters. The molecule has 0 aromatic carbocycles. The molecule has 1 aliphatic heterocycles. The third kappa shape index (κ3) is 2.74. The van der Waals surface area contributed by atoms with Crippen molar-refractivity contribution in [2.24, 2.45) is 0 Å². The molecule has 0 bridgehead atoms. The van der Waals surface area contributed by atoms with Crippen LogP contribution in [0.1, 0.15) is 6.92 Å². The van der Waals surface area contributed by atoms with Crippen LogP contribution in [0.5, 0.6) is 0 Å². The molecule has 8 heteroatoms. The van der Waals surface area contributed by atoms with E-state index < -0.39 is 38.7 Å². The number of hydrogen-bond donors (Lipinski definition) is 5. The van der Waals surface area contributed by atoms with Crippen molar-refractivity contribution < 1.29 is 29.3 Å². The zero-order valence-electron chi connectivity index (χ0n) is 7.57. The molecule has 5 N–H and O–H groups in total. The molecule has 0 aromatic rings. The van der Waals surface area contributed by atoms with Crippen LogP contribution in [0, 0.1) is 0 Å². The Kier molecular flexibility index (Phi) is 3.65. The second-order valence-corrected chi connectivity index (χ2v) is 4.60. The van der Waals surface area contributed by atoms with Crippen LogP contribution in [0.2, 0.25) is 0 Å². The second-order valence-electron chi connectivity index (χ2n) is 3.25. The zero-order valence-corrected chi connectivity index (χ0v) is 8.46. The van der Waals surface area contributed by atoms with Gasteiger partial charge in [0.2, 0.25) is 0 Å². The van der Waals surface area contributed by atoms with Gasteiger partial charge in [0.1, 0.15) is 0 Å². The Morgan fingerprint density at radius 1 is 1.50 bits per heavy atom. The summed E-state index contributed by atoms with van der Waals surface area (Å²) < 4.78 is 15.7. The van der Waals surface area contributed by atoms with Crippen molar-refractivity contribution in [3.8, 4) is 0 Å². The first kappa shape index (κ1) is 12.1. The number of ether oxygens (including phenoxy) is 1. The fourth-order valence-electron chi connectivity index (χ4n) is 1.46. The van der Waals surface area contributed by atoms with Crippen molar-refractivity contribution in [3.63, 3.8) is 0 Å². The van der Waals surface area contributed by atoms with Crippen LogP contribution < -0.4 is 5.09 Å². The Balaban J connectivity index is 2.69. The summed E-state index contributed by atoms with van der Waals surface area (Å²) in [6, 6.07) is -0.948. The van der Waals surface area contributed by atoms with E-state index in [2.05, 4.69) is 0 Å². The van der Waals surface area contributed by atoms with E-state index in [9.17, 15) is 9.67 Å². The third-order valence-corrected chi connectivity index (χ3v) is 2.77. The summed E-state index contributed by atoms with van der Waals surface area (Å²) in [4.78, 5) is 17.3. The number of rotatable bonds is 3. The first-order valence-electron chi connectivity index (χ1n) is 4.13. The Morgan fingerprint density at radius 2 is 2.07 bits per heavy atom. The van der Waals surface area contributed by atoms with Crippen LogP contribution in [-0.4, -0.2) is 51.0 Å². The first-order valence-corrected chi connectivity index (χ1v) is 5.74. The molecule has 0 aromatic heterocycles. The lowest BCUT2D eigenvalue weighted by atomic mass is 10.1. The third-order valence-electron chi connectivity index (χ3n) is 2.14. The lowest BCUT2D eigenvalue weighted by molar-refractivity contribution is -0.000535. The Hall–Kier alpha value is -0.0100. The van der Waals surface area contributed by atoms with E-state index >= 15 is 0 Å². The van der Waals surface area contributed by atoms with Gasteiger partial charge in [-0.15, -0.1) is 0 Å². The SMILES string of the molecule is C[C@@H]1O[C@H](CO)[C@H](NP(=O)(O)O)C1O. The maximum Gasteiger partial charge on any atom is 0.400 e. The lowest BCUT2D eigenvalue weighted by Gasteiger charge is -2.20. The summed E-state index contributed by atoms with van der Waals surface area (Å²) in [5.41, 5.74) is 0. The minimum atomic E-state index is -4.43. The van der Waals surface area contributed by atoms with Crippen molar-refractivity contribution in [1.29, 1.82) is 0 Å². The highest BCUT2D eigenvalue weighted by molar-refractivity contribution is 7.49. The Labute approximate surface area is 80.9 Å². The van der Waals surface area contributed by atoms with Gasteiger partial charge in [-0.05, 0) is 6.92 Å². The molecule has 0 radical (unpaired) electrons. The molecule has 14 heavy (non-hydrogen) atoms. The van der Waals surface area contributed by atoms with E-state index in [0.29, 0.717) is 0 Å². The predicted molar refractivity (Wildman–Crippen MR) is 46.4 cm³/mol. The van der Waals surface area contributed by atoms with Gasteiger partial charge in [0.05, 0.1) is 31.0 Å². The van der Waals surface area contributed by atoms with Gasteiger partial charge in [-0.1, -0.05) is 0 Å². The van der Waals surface area contributed by atoms with Gasteiger partial charge in [-0.2, -0.15) is 0 Å². The largest absolute Gasteiger partial charge is 0.400 e. The highest BCUT2D eigenvalue weighted by atomic mass is 31.2. The molecule has 1 heterocycles. The Morgan fingerprint density at radius 3 is 2.50 bits per heavy atom. The van der Waals surface area contributed by atoms with Crippen LogP contribution in [0.15, 0.2) is 0 Å². The molecule has 84 valence electrons. The molecule has 1 aliphatic rings. The van der Waals surface area contributed by atoms with Gasteiger partial charge in [0.25, 0.3) is 0 Å². The van der Waals surface area contributed by atoms with Gasteiger partial charge in [0, 0.05) is 0 Å². The molecular weight excluding hydrogens is 213 g/mol. The summed E-state index contributed by atoms with van der Waals surface area (Å²) in [6.07, 6.45) is -2.40. The van der Waals surface area contributed by atoms with E-state index in [4.69, 9.17) is 19.6 Å². The van der Waals surface area contributed by atoms with Gasteiger partial charge in [0.15, 0.2) is 0 Å².